The number of aromatic nitrogens is 3. The second-order valence-corrected chi connectivity index (χ2v) is 9.35. The van der Waals surface area contributed by atoms with Crippen molar-refractivity contribution in [3.63, 3.8) is 0 Å². The van der Waals surface area contributed by atoms with Gasteiger partial charge in [-0.1, -0.05) is 73.6 Å². The van der Waals surface area contributed by atoms with Crippen LogP contribution in [0.25, 0.3) is 0 Å². The highest BCUT2D eigenvalue weighted by Crippen LogP contribution is 2.40. The van der Waals surface area contributed by atoms with Gasteiger partial charge >= 0.3 is 5.97 Å². The number of allylic oxidation sites excluding steroid dienone is 1. The summed E-state index contributed by atoms with van der Waals surface area (Å²) in [5, 5.41) is 9.21. The Morgan fingerprint density at radius 1 is 1.18 bits per heavy atom. The van der Waals surface area contributed by atoms with E-state index >= 15 is 0 Å². The van der Waals surface area contributed by atoms with Crippen LogP contribution in [0.4, 0.5) is 5.95 Å². The van der Waals surface area contributed by atoms with E-state index in [1.807, 2.05) is 69.3 Å². The molecule has 7 nitrogen and oxygen atoms in total. The molecule has 178 valence electrons. The summed E-state index contributed by atoms with van der Waals surface area (Å²) in [6, 6.07) is 14.7. The first-order valence-corrected chi connectivity index (χ1v) is 12.6. The van der Waals surface area contributed by atoms with Gasteiger partial charge in [0.2, 0.25) is 11.1 Å². The van der Waals surface area contributed by atoms with E-state index in [-0.39, 0.29) is 5.97 Å². The summed E-state index contributed by atoms with van der Waals surface area (Å²) in [5.41, 5.74) is 2.83. The van der Waals surface area contributed by atoms with Gasteiger partial charge in [-0.15, -0.1) is 5.10 Å². The maximum Gasteiger partial charge on any atom is 0.338 e. The summed E-state index contributed by atoms with van der Waals surface area (Å²) in [5.74, 6) is 1.66. The highest BCUT2D eigenvalue weighted by atomic mass is 35.5. The first-order chi connectivity index (χ1) is 16.5. The highest BCUT2D eigenvalue weighted by Gasteiger charge is 2.36. The van der Waals surface area contributed by atoms with Crippen LogP contribution in [0.1, 0.15) is 44.4 Å². The van der Waals surface area contributed by atoms with Crippen LogP contribution in [0.3, 0.4) is 0 Å². The lowest BCUT2D eigenvalue weighted by Gasteiger charge is -2.29. The Hall–Kier alpha value is -2.97. The lowest BCUT2D eigenvalue weighted by Crippen LogP contribution is -2.30. The number of para-hydroxylation sites is 1. The zero-order valence-corrected chi connectivity index (χ0v) is 20.9. The largest absolute Gasteiger partial charge is 0.488 e. The van der Waals surface area contributed by atoms with E-state index in [9.17, 15) is 4.79 Å². The van der Waals surface area contributed by atoms with Crippen molar-refractivity contribution in [2.24, 2.45) is 0 Å². The van der Waals surface area contributed by atoms with E-state index < -0.39 is 6.04 Å². The van der Waals surface area contributed by atoms with Crippen molar-refractivity contribution < 1.29 is 14.3 Å². The molecular weight excluding hydrogens is 472 g/mol. The van der Waals surface area contributed by atoms with E-state index in [0.717, 1.165) is 23.3 Å². The van der Waals surface area contributed by atoms with Crippen LogP contribution < -0.4 is 10.1 Å². The minimum Gasteiger partial charge on any atom is -0.488 e. The van der Waals surface area contributed by atoms with Gasteiger partial charge in [-0.05, 0) is 31.2 Å². The molecular formula is C25H27ClN4O3S. The van der Waals surface area contributed by atoms with Crippen LogP contribution in [0.5, 0.6) is 5.75 Å². The Morgan fingerprint density at radius 3 is 2.71 bits per heavy atom. The molecule has 4 rings (SSSR count). The average molecular weight is 499 g/mol. The Labute approximate surface area is 208 Å². The second-order valence-electron chi connectivity index (χ2n) is 7.72. The van der Waals surface area contributed by atoms with Crippen LogP contribution in [-0.2, 0) is 16.1 Å². The number of ether oxygens (including phenoxy) is 2. The molecule has 2 aromatic carbocycles. The fourth-order valence-corrected chi connectivity index (χ4v) is 4.50. The van der Waals surface area contributed by atoms with E-state index in [0.29, 0.717) is 46.4 Å². The summed E-state index contributed by atoms with van der Waals surface area (Å²) in [6.07, 6.45) is 0.736. The van der Waals surface area contributed by atoms with Gasteiger partial charge in [0.25, 0.3) is 0 Å². The van der Waals surface area contributed by atoms with Crippen molar-refractivity contribution in [2.45, 2.75) is 45.0 Å². The molecule has 34 heavy (non-hydrogen) atoms. The molecule has 3 aromatic rings. The van der Waals surface area contributed by atoms with Gasteiger partial charge < -0.3 is 14.8 Å². The molecule has 0 spiro atoms. The quantitative estimate of drug-likeness (QED) is 0.292. The van der Waals surface area contributed by atoms with Crippen LogP contribution in [-0.4, -0.2) is 33.1 Å². The number of carbonyl (C=O) groups excluding carboxylic acids is 1. The number of hydrogen-bond acceptors (Lipinski definition) is 7. The topological polar surface area (TPSA) is 78.3 Å². The number of benzene rings is 2. The fraction of sp³-hybridized carbons (Fsp3) is 0.320. The maximum atomic E-state index is 13.2. The van der Waals surface area contributed by atoms with Gasteiger partial charge in [-0.3, -0.25) is 0 Å². The third-order valence-electron chi connectivity index (χ3n) is 5.32. The molecule has 1 aliphatic heterocycles. The number of esters is 1. The number of anilines is 1. The zero-order valence-electron chi connectivity index (χ0n) is 19.4. The number of fused-ring (bicyclic) bond motifs is 1. The number of hydrogen-bond donors (Lipinski definition) is 1. The number of rotatable bonds is 9. The van der Waals surface area contributed by atoms with Crippen molar-refractivity contribution in [1.82, 2.24) is 14.8 Å². The standard InChI is InChI=1S/C25H27ClN4O3S/c1-4-14-32-23(31)21-16(3)27-24-28-25(34-5-2)29-30(24)22(21)18-11-7-9-13-20(18)33-15-17-10-6-8-12-19(17)26/h6-13,22H,4-5,14-15H2,1-3H3,(H,27,28,29). The minimum atomic E-state index is -0.554. The first-order valence-electron chi connectivity index (χ1n) is 11.2. The lowest BCUT2D eigenvalue weighted by atomic mass is 9.95. The second kappa shape index (κ2) is 11.0. The molecule has 1 atom stereocenters. The van der Waals surface area contributed by atoms with Gasteiger partial charge in [-0.25, -0.2) is 9.48 Å². The Morgan fingerprint density at radius 2 is 1.94 bits per heavy atom. The summed E-state index contributed by atoms with van der Waals surface area (Å²) in [4.78, 5) is 17.8. The lowest BCUT2D eigenvalue weighted by molar-refractivity contribution is -0.139. The van der Waals surface area contributed by atoms with Gasteiger partial charge in [0.1, 0.15) is 18.4 Å². The monoisotopic (exact) mass is 498 g/mol. The molecule has 0 bridgehead atoms. The molecule has 1 unspecified atom stereocenters. The van der Waals surface area contributed by atoms with E-state index in [4.69, 9.17) is 26.2 Å². The van der Waals surface area contributed by atoms with Gasteiger partial charge in [0.15, 0.2) is 0 Å². The Balaban J connectivity index is 1.76. The molecule has 9 heteroatoms. The molecule has 0 amide bonds. The Kier molecular flexibility index (Phi) is 7.80. The van der Waals surface area contributed by atoms with Crippen molar-refractivity contribution >= 4 is 35.3 Å². The van der Waals surface area contributed by atoms with E-state index in [2.05, 4.69) is 10.3 Å². The summed E-state index contributed by atoms with van der Waals surface area (Å²) >= 11 is 7.87. The third-order valence-corrected chi connectivity index (χ3v) is 6.41. The predicted octanol–water partition coefficient (Wildman–Crippen LogP) is 5.86. The molecule has 0 saturated carbocycles. The smallest absolute Gasteiger partial charge is 0.338 e. The number of nitrogens with one attached hydrogen (secondary N) is 1. The molecule has 1 aromatic heterocycles. The maximum absolute atomic E-state index is 13.2. The zero-order chi connectivity index (χ0) is 24.1. The summed E-state index contributed by atoms with van der Waals surface area (Å²) < 4.78 is 13.5. The first kappa shape index (κ1) is 24.2. The molecule has 0 aliphatic carbocycles. The van der Waals surface area contributed by atoms with E-state index in [1.54, 1.807) is 16.4 Å². The van der Waals surface area contributed by atoms with Gasteiger partial charge in [-0.2, -0.15) is 4.98 Å². The number of nitrogens with zero attached hydrogens (tertiary/aromatic N) is 3. The van der Waals surface area contributed by atoms with Crippen molar-refractivity contribution in [2.75, 3.05) is 17.7 Å². The van der Waals surface area contributed by atoms with Crippen LogP contribution >= 0.6 is 23.4 Å². The fourth-order valence-electron chi connectivity index (χ4n) is 3.75. The normalized spacial score (nSPS) is 15.0. The van der Waals surface area contributed by atoms with Crippen molar-refractivity contribution in [3.05, 3.63) is 76.0 Å². The van der Waals surface area contributed by atoms with E-state index in [1.165, 1.54) is 0 Å². The minimum absolute atomic E-state index is 0.293. The molecule has 1 aliphatic rings. The van der Waals surface area contributed by atoms with Crippen LogP contribution in [0, 0.1) is 0 Å². The number of halogens is 1. The highest BCUT2D eigenvalue weighted by molar-refractivity contribution is 7.99. The molecule has 1 N–H and O–H groups in total. The van der Waals surface area contributed by atoms with Gasteiger partial charge in [0.05, 0.1) is 12.2 Å². The average Bonchev–Trinajstić information content (AvgIpc) is 3.23. The molecule has 0 fully saturated rings. The van der Waals surface area contributed by atoms with Crippen molar-refractivity contribution in [1.29, 1.82) is 0 Å². The molecule has 0 saturated heterocycles. The SMILES string of the molecule is CCCOC(=O)C1=C(C)Nc2nc(SCC)nn2C1c1ccccc1OCc1ccccc1Cl. The van der Waals surface area contributed by atoms with Gasteiger partial charge in [0, 0.05) is 21.8 Å². The van der Waals surface area contributed by atoms with Crippen LogP contribution in [0.15, 0.2) is 65.0 Å². The Bertz CT molecular complexity index is 1210. The molecule has 2 heterocycles. The summed E-state index contributed by atoms with van der Waals surface area (Å²) in [6.45, 7) is 6.50. The summed E-state index contributed by atoms with van der Waals surface area (Å²) in [7, 11) is 0. The third kappa shape index (κ3) is 5.08. The number of carbonyl (C=O) groups is 1. The van der Waals surface area contributed by atoms with Crippen LogP contribution in [0.2, 0.25) is 5.02 Å². The van der Waals surface area contributed by atoms with Crippen molar-refractivity contribution in [3.8, 4) is 5.75 Å². The predicted molar refractivity (Wildman–Crippen MR) is 134 cm³/mol. The molecule has 0 radical (unpaired) electrons. The number of thioether (sulfide) groups is 1.